The summed E-state index contributed by atoms with van der Waals surface area (Å²) < 4.78 is 28.4. The van der Waals surface area contributed by atoms with E-state index < -0.39 is 22.0 Å². The molecule has 1 aromatic heterocycles. The Balaban J connectivity index is 3.04. The van der Waals surface area contributed by atoms with Crippen LogP contribution in [0.3, 0.4) is 0 Å². The van der Waals surface area contributed by atoms with Crippen molar-refractivity contribution in [2.45, 2.75) is 44.7 Å². The van der Waals surface area contributed by atoms with Crippen molar-refractivity contribution >= 4 is 31.9 Å². The highest BCUT2D eigenvalue weighted by molar-refractivity contribution is 9.10. The van der Waals surface area contributed by atoms with Gasteiger partial charge < -0.3 is 5.11 Å². The number of carboxylic acids is 1. The number of rotatable bonds is 6. The lowest BCUT2D eigenvalue weighted by molar-refractivity contribution is -0.137. The van der Waals surface area contributed by atoms with E-state index in [0.29, 0.717) is 6.42 Å². The molecular formula is C11H19BrN4O4S. The molecule has 0 saturated heterocycles. The summed E-state index contributed by atoms with van der Waals surface area (Å²) in [7, 11) is -2.47. The Labute approximate surface area is 132 Å². The number of hydrogen-bond donors (Lipinski definition) is 2. The van der Waals surface area contributed by atoms with Crippen LogP contribution in [-0.2, 0) is 21.9 Å². The number of sulfonamides is 1. The van der Waals surface area contributed by atoms with Crippen LogP contribution in [0.5, 0.6) is 0 Å². The molecule has 0 amide bonds. The lowest BCUT2D eigenvalue weighted by Gasteiger charge is -2.25. The Morgan fingerprint density at radius 2 is 2.05 bits per heavy atom. The lowest BCUT2D eigenvalue weighted by atomic mass is 9.87. The number of nitrogens with one attached hydrogen (secondary N) is 1. The maximum absolute atomic E-state index is 12.4. The predicted molar refractivity (Wildman–Crippen MR) is 79.1 cm³/mol. The zero-order valence-corrected chi connectivity index (χ0v) is 14.7. The van der Waals surface area contributed by atoms with Gasteiger partial charge >= 0.3 is 5.97 Å². The SMILES string of the molecule is Cn1nnc(Br)c1S(=O)(=O)NC(CC(=O)O)CC(C)(C)C. The van der Waals surface area contributed by atoms with Gasteiger partial charge in [0.15, 0.2) is 4.60 Å². The number of aliphatic carboxylic acids is 1. The fourth-order valence-corrected chi connectivity index (χ4v) is 4.32. The Morgan fingerprint density at radius 1 is 1.48 bits per heavy atom. The van der Waals surface area contributed by atoms with E-state index in [1.807, 2.05) is 20.8 Å². The van der Waals surface area contributed by atoms with Crippen molar-refractivity contribution in [3.63, 3.8) is 0 Å². The van der Waals surface area contributed by atoms with Crippen molar-refractivity contribution in [2.24, 2.45) is 12.5 Å². The molecular weight excluding hydrogens is 364 g/mol. The summed E-state index contributed by atoms with van der Waals surface area (Å²) in [6, 6.07) is -0.714. The van der Waals surface area contributed by atoms with Gasteiger partial charge in [-0.2, -0.15) is 0 Å². The van der Waals surface area contributed by atoms with E-state index >= 15 is 0 Å². The van der Waals surface area contributed by atoms with E-state index in [-0.39, 0.29) is 21.5 Å². The van der Waals surface area contributed by atoms with Crippen LogP contribution in [0.2, 0.25) is 0 Å². The first kappa shape index (κ1) is 18.1. The zero-order chi connectivity index (χ0) is 16.4. The molecule has 0 spiro atoms. The van der Waals surface area contributed by atoms with Gasteiger partial charge in [0, 0.05) is 13.1 Å². The van der Waals surface area contributed by atoms with Gasteiger partial charge in [0.05, 0.1) is 6.42 Å². The van der Waals surface area contributed by atoms with Crippen LogP contribution in [0.25, 0.3) is 0 Å². The van der Waals surface area contributed by atoms with Crippen LogP contribution in [-0.4, -0.2) is 40.5 Å². The monoisotopic (exact) mass is 382 g/mol. The van der Waals surface area contributed by atoms with Gasteiger partial charge in [0.1, 0.15) is 0 Å². The summed E-state index contributed by atoms with van der Waals surface area (Å²) in [6.07, 6.45) is 0.0980. The van der Waals surface area contributed by atoms with Crippen molar-refractivity contribution in [3.05, 3.63) is 4.60 Å². The van der Waals surface area contributed by atoms with Crippen molar-refractivity contribution < 1.29 is 18.3 Å². The molecule has 0 radical (unpaired) electrons. The molecule has 120 valence electrons. The van der Waals surface area contributed by atoms with E-state index in [2.05, 4.69) is 31.0 Å². The fourth-order valence-electron chi connectivity index (χ4n) is 1.99. The van der Waals surface area contributed by atoms with Gasteiger partial charge in [-0.05, 0) is 27.8 Å². The Hall–Kier alpha value is -1.00. The molecule has 1 aromatic rings. The number of carbonyl (C=O) groups is 1. The minimum absolute atomic E-state index is 0.0855. The molecule has 1 rings (SSSR count). The van der Waals surface area contributed by atoms with Crippen LogP contribution in [0.4, 0.5) is 0 Å². The van der Waals surface area contributed by atoms with Crippen LogP contribution in [0.15, 0.2) is 9.63 Å². The lowest BCUT2D eigenvalue weighted by Crippen LogP contribution is -2.39. The third kappa shape index (κ3) is 5.36. The standard InChI is InChI=1S/C11H19BrN4O4S/c1-11(2,3)6-7(5-8(17)18)14-21(19,20)10-9(12)13-15-16(10)4/h7,14H,5-6H2,1-4H3,(H,17,18). The summed E-state index contributed by atoms with van der Waals surface area (Å²) in [5, 5.41) is 16.0. The molecule has 8 nitrogen and oxygen atoms in total. The highest BCUT2D eigenvalue weighted by Crippen LogP contribution is 2.24. The maximum atomic E-state index is 12.4. The minimum atomic E-state index is -3.92. The highest BCUT2D eigenvalue weighted by Gasteiger charge is 2.30. The van der Waals surface area contributed by atoms with E-state index in [0.717, 1.165) is 4.68 Å². The Morgan fingerprint density at radius 3 is 2.43 bits per heavy atom. The summed E-state index contributed by atoms with van der Waals surface area (Å²) >= 11 is 3.03. The van der Waals surface area contributed by atoms with Crippen LogP contribution >= 0.6 is 15.9 Å². The third-order valence-corrected chi connectivity index (χ3v) is 5.00. The smallest absolute Gasteiger partial charge is 0.304 e. The molecule has 2 N–H and O–H groups in total. The minimum Gasteiger partial charge on any atom is -0.481 e. The first-order valence-corrected chi connectivity index (χ1v) is 8.49. The first-order valence-electron chi connectivity index (χ1n) is 6.22. The van der Waals surface area contributed by atoms with Crippen molar-refractivity contribution in [2.75, 3.05) is 0 Å². The number of nitrogens with zero attached hydrogens (tertiary/aromatic N) is 3. The average Bonchev–Trinajstić information content (AvgIpc) is 2.54. The normalized spacial score (nSPS) is 14.1. The highest BCUT2D eigenvalue weighted by atomic mass is 79.9. The van der Waals surface area contributed by atoms with Gasteiger partial charge in [-0.15, -0.1) is 5.10 Å². The molecule has 1 unspecified atom stereocenters. The number of carboxylic acid groups (broad SMARTS) is 1. The largest absolute Gasteiger partial charge is 0.481 e. The molecule has 0 saturated carbocycles. The summed E-state index contributed by atoms with van der Waals surface area (Å²) in [6.45, 7) is 5.74. The molecule has 21 heavy (non-hydrogen) atoms. The third-order valence-electron chi connectivity index (χ3n) is 2.59. The van der Waals surface area contributed by atoms with E-state index in [4.69, 9.17) is 5.11 Å². The topological polar surface area (TPSA) is 114 Å². The van der Waals surface area contributed by atoms with Gasteiger partial charge in [0.2, 0.25) is 5.03 Å². The molecule has 0 aliphatic rings. The number of hydrogen-bond acceptors (Lipinski definition) is 5. The van der Waals surface area contributed by atoms with Gasteiger partial charge in [-0.1, -0.05) is 26.0 Å². The molecule has 0 aliphatic carbocycles. The van der Waals surface area contributed by atoms with Gasteiger partial charge in [0.25, 0.3) is 10.0 Å². The van der Waals surface area contributed by atoms with Gasteiger partial charge in [-0.3, -0.25) is 4.79 Å². The second kappa shape index (κ2) is 6.41. The molecule has 0 fully saturated rings. The maximum Gasteiger partial charge on any atom is 0.304 e. The van der Waals surface area contributed by atoms with Crippen molar-refractivity contribution in [1.82, 2.24) is 19.7 Å². The summed E-state index contributed by atoms with van der Waals surface area (Å²) in [5.74, 6) is -1.06. The number of aromatic nitrogens is 3. The Kier molecular flexibility index (Phi) is 5.51. The van der Waals surface area contributed by atoms with E-state index in [1.54, 1.807) is 0 Å². The molecule has 1 atom stereocenters. The molecule has 0 aromatic carbocycles. The molecule has 0 aliphatic heterocycles. The molecule has 10 heteroatoms. The molecule has 1 heterocycles. The fraction of sp³-hybridized carbons (Fsp3) is 0.727. The number of halogens is 1. The van der Waals surface area contributed by atoms with Crippen molar-refractivity contribution in [3.8, 4) is 0 Å². The number of aryl methyl sites for hydroxylation is 1. The summed E-state index contributed by atoms with van der Waals surface area (Å²) in [5.41, 5.74) is -0.218. The predicted octanol–water partition coefficient (Wildman–Crippen LogP) is 1.14. The Bertz CT molecular complexity index is 601. The quantitative estimate of drug-likeness (QED) is 0.761. The first-order chi connectivity index (χ1) is 9.42. The summed E-state index contributed by atoms with van der Waals surface area (Å²) in [4.78, 5) is 10.9. The van der Waals surface area contributed by atoms with Crippen LogP contribution < -0.4 is 4.72 Å². The second-order valence-corrected chi connectivity index (χ2v) is 8.37. The van der Waals surface area contributed by atoms with Crippen molar-refractivity contribution in [1.29, 1.82) is 0 Å². The van der Waals surface area contributed by atoms with Crippen LogP contribution in [0, 0.1) is 5.41 Å². The average molecular weight is 383 g/mol. The van der Waals surface area contributed by atoms with Crippen LogP contribution in [0.1, 0.15) is 33.6 Å². The second-order valence-electron chi connectivity index (χ2n) is 5.99. The van der Waals surface area contributed by atoms with E-state index in [9.17, 15) is 13.2 Å². The zero-order valence-electron chi connectivity index (χ0n) is 12.3. The van der Waals surface area contributed by atoms with Gasteiger partial charge in [-0.25, -0.2) is 17.8 Å². The van der Waals surface area contributed by atoms with E-state index in [1.165, 1.54) is 7.05 Å². The molecule has 0 bridgehead atoms.